The van der Waals surface area contributed by atoms with Crippen molar-refractivity contribution in [1.29, 1.82) is 0 Å². The lowest BCUT2D eigenvalue weighted by Gasteiger charge is -2.29. The maximum atomic E-state index is 6.42. The van der Waals surface area contributed by atoms with Gasteiger partial charge in [-0.15, -0.1) is 5.10 Å². The highest BCUT2D eigenvalue weighted by Crippen LogP contribution is 2.51. The van der Waals surface area contributed by atoms with E-state index in [-0.39, 0.29) is 12.5 Å². The molecule has 1 aliphatic rings. The first-order valence-corrected chi connectivity index (χ1v) is 13.0. The summed E-state index contributed by atoms with van der Waals surface area (Å²) in [5, 5.41) is 6.90. The predicted octanol–water partition coefficient (Wildman–Crippen LogP) is 6.47. The minimum Gasteiger partial charge on any atom is -0.493 e. The molecule has 1 atom stereocenters. The van der Waals surface area contributed by atoms with Crippen LogP contribution < -0.4 is 18.9 Å². The molecule has 40 heavy (non-hydrogen) atoms. The van der Waals surface area contributed by atoms with E-state index in [9.17, 15) is 0 Å². The lowest BCUT2D eigenvalue weighted by molar-refractivity contribution is 0.294. The van der Waals surface area contributed by atoms with Crippen LogP contribution in [0.4, 0.5) is 0 Å². The van der Waals surface area contributed by atoms with Gasteiger partial charge in [-0.3, -0.25) is 0 Å². The average molecular weight is 531 g/mol. The van der Waals surface area contributed by atoms with Crippen molar-refractivity contribution in [2.75, 3.05) is 14.2 Å². The van der Waals surface area contributed by atoms with Crippen LogP contribution in [-0.2, 0) is 6.61 Å². The van der Waals surface area contributed by atoms with E-state index >= 15 is 0 Å². The normalized spacial score (nSPS) is 13.9. The summed E-state index contributed by atoms with van der Waals surface area (Å²) in [7, 11) is 3.27. The molecule has 0 amide bonds. The monoisotopic (exact) mass is 530 g/mol. The molecule has 0 fully saturated rings. The summed E-state index contributed by atoms with van der Waals surface area (Å²) in [6.07, 6.45) is 1.64. The Hall–Kier alpha value is -5.11. The molecule has 1 aliphatic heterocycles. The van der Waals surface area contributed by atoms with Crippen molar-refractivity contribution >= 4 is 16.4 Å². The molecular weight excluding hydrogens is 504 g/mol. The smallest absolute Gasteiger partial charge is 0.228 e. The number of methoxy groups -OCH3 is 2. The number of aromatic nitrogens is 4. The highest BCUT2D eigenvalue weighted by atomic mass is 16.5. The van der Waals surface area contributed by atoms with E-state index in [0.29, 0.717) is 28.9 Å². The van der Waals surface area contributed by atoms with Crippen LogP contribution in [0.2, 0.25) is 0 Å². The predicted molar refractivity (Wildman–Crippen MR) is 151 cm³/mol. The first-order chi connectivity index (χ1) is 19.6. The highest BCUT2D eigenvalue weighted by molar-refractivity contribution is 5.91. The Morgan fingerprint density at radius 2 is 1.68 bits per heavy atom. The van der Waals surface area contributed by atoms with Gasteiger partial charge in [0.15, 0.2) is 23.0 Å². The van der Waals surface area contributed by atoms with E-state index in [1.54, 1.807) is 25.1 Å². The molecule has 0 saturated heterocycles. The fraction of sp³-hybridized carbons (Fsp3) is 0.156. The van der Waals surface area contributed by atoms with Crippen LogP contribution in [0, 0.1) is 6.92 Å². The number of benzene rings is 4. The van der Waals surface area contributed by atoms with Gasteiger partial charge < -0.3 is 18.9 Å². The number of ether oxygens (including phenoxy) is 4. The van der Waals surface area contributed by atoms with Gasteiger partial charge in [0, 0.05) is 11.5 Å². The van der Waals surface area contributed by atoms with Gasteiger partial charge in [0.1, 0.15) is 24.4 Å². The van der Waals surface area contributed by atoms with Gasteiger partial charge in [0.25, 0.3) is 0 Å². The van der Waals surface area contributed by atoms with Crippen molar-refractivity contribution in [3.05, 3.63) is 113 Å². The fourth-order valence-corrected chi connectivity index (χ4v) is 5.44. The van der Waals surface area contributed by atoms with E-state index in [1.165, 1.54) is 0 Å². The summed E-state index contributed by atoms with van der Waals surface area (Å²) in [6, 6.07) is 26.3. The molecule has 1 unspecified atom stereocenters. The Bertz CT molecular complexity index is 1900. The third-order valence-corrected chi connectivity index (χ3v) is 7.34. The molecule has 0 spiro atoms. The number of fused-ring (bicyclic) bond motifs is 6. The van der Waals surface area contributed by atoms with Gasteiger partial charge in [0.2, 0.25) is 5.88 Å². The zero-order valence-corrected chi connectivity index (χ0v) is 22.3. The average Bonchev–Trinajstić information content (AvgIpc) is 3.42. The maximum absolute atomic E-state index is 6.42. The lowest BCUT2D eigenvalue weighted by Crippen LogP contribution is -2.15. The second kappa shape index (κ2) is 9.57. The summed E-state index contributed by atoms with van der Waals surface area (Å²) in [5.41, 5.74) is 4.57. The summed E-state index contributed by atoms with van der Waals surface area (Å²) in [5.74, 6) is 3.64. The van der Waals surface area contributed by atoms with Gasteiger partial charge in [-0.05, 0) is 53.1 Å². The second-order valence-corrected chi connectivity index (χ2v) is 9.66. The summed E-state index contributed by atoms with van der Waals surface area (Å²) in [4.78, 5) is 9.59. The molecule has 7 rings (SSSR count). The molecule has 4 aromatic carbocycles. The SMILES string of the molecule is COc1ccc(C2c3c(ccc4ccccc34)Oc3ncn4nc(COc5ccccc5C)nc4c32)cc1OC. The molecule has 198 valence electrons. The van der Waals surface area contributed by atoms with E-state index in [0.717, 1.165) is 44.5 Å². The third kappa shape index (κ3) is 3.88. The van der Waals surface area contributed by atoms with Crippen LogP contribution in [0.25, 0.3) is 16.4 Å². The standard InChI is InChI=1S/C32H26N4O4/c1-19-8-4-7-11-23(19)39-17-27-34-31-30-28(21-13-14-24(37-2)26(16-21)38-3)29-22-10-6-5-9-20(22)12-15-25(29)40-32(30)33-18-36(31)35-27/h4-16,18,28H,17H2,1-3H3. The first-order valence-electron chi connectivity index (χ1n) is 13.0. The van der Waals surface area contributed by atoms with Crippen LogP contribution in [0.5, 0.6) is 28.9 Å². The molecule has 0 radical (unpaired) electrons. The first kappa shape index (κ1) is 24.0. The van der Waals surface area contributed by atoms with Crippen molar-refractivity contribution in [3.8, 4) is 28.9 Å². The molecule has 8 heteroatoms. The van der Waals surface area contributed by atoms with Gasteiger partial charge in [-0.2, -0.15) is 0 Å². The Balaban J connectivity index is 1.42. The summed E-state index contributed by atoms with van der Waals surface area (Å²) in [6.45, 7) is 2.24. The molecule has 2 aromatic heterocycles. The minimum absolute atomic E-state index is 0.225. The minimum atomic E-state index is -0.254. The van der Waals surface area contributed by atoms with E-state index in [4.69, 9.17) is 29.0 Å². The largest absolute Gasteiger partial charge is 0.493 e. The Labute approximate surface area is 230 Å². The molecular formula is C32H26N4O4. The lowest BCUT2D eigenvalue weighted by atomic mass is 9.81. The van der Waals surface area contributed by atoms with Gasteiger partial charge in [-0.25, -0.2) is 14.5 Å². The van der Waals surface area contributed by atoms with Gasteiger partial charge in [-0.1, -0.05) is 54.6 Å². The topological polar surface area (TPSA) is 80.0 Å². The number of para-hydroxylation sites is 1. The fourth-order valence-electron chi connectivity index (χ4n) is 5.44. The van der Waals surface area contributed by atoms with Crippen LogP contribution in [-0.4, -0.2) is 33.8 Å². The van der Waals surface area contributed by atoms with Crippen LogP contribution in [0.3, 0.4) is 0 Å². The summed E-state index contributed by atoms with van der Waals surface area (Å²) < 4.78 is 25.4. The molecule has 0 bridgehead atoms. The van der Waals surface area contributed by atoms with Crippen molar-refractivity contribution in [3.63, 3.8) is 0 Å². The number of rotatable bonds is 6. The van der Waals surface area contributed by atoms with E-state index < -0.39 is 0 Å². The van der Waals surface area contributed by atoms with Crippen molar-refractivity contribution < 1.29 is 18.9 Å². The third-order valence-electron chi connectivity index (χ3n) is 7.34. The number of hydrogen-bond donors (Lipinski definition) is 0. The second-order valence-electron chi connectivity index (χ2n) is 9.66. The van der Waals surface area contributed by atoms with Crippen LogP contribution in [0.15, 0.2) is 85.2 Å². The van der Waals surface area contributed by atoms with E-state index in [1.807, 2.05) is 61.5 Å². The molecule has 6 aromatic rings. The quantitative estimate of drug-likeness (QED) is 0.244. The van der Waals surface area contributed by atoms with Crippen LogP contribution in [0.1, 0.15) is 34.0 Å². The molecule has 0 saturated carbocycles. The van der Waals surface area contributed by atoms with Crippen molar-refractivity contribution in [1.82, 2.24) is 19.6 Å². The number of aryl methyl sites for hydroxylation is 1. The molecule has 0 aliphatic carbocycles. The van der Waals surface area contributed by atoms with Gasteiger partial charge >= 0.3 is 0 Å². The molecule has 0 N–H and O–H groups in total. The van der Waals surface area contributed by atoms with E-state index in [2.05, 4.69) is 29.2 Å². The highest BCUT2D eigenvalue weighted by Gasteiger charge is 2.35. The van der Waals surface area contributed by atoms with Crippen molar-refractivity contribution in [2.24, 2.45) is 0 Å². The maximum Gasteiger partial charge on any atom is 0.228 e. The zero-order chi connectivity index (χ0) is 27.2. The number of nitrogens with zero attached hydrogens (tertiary/aromatic N) is 4. The Kier molecular flexibility index (Phi) is 5.73. The number of hydrogen-bond acceptors (Lipinski definition) is 7. The zero-order valence-electron chi connectivity index (χ0n) is 22.3. The Morgan fingerprint density at radius 3 is 2.52 bits per heavy atom. The molecule has 8 nitrogen and oxygen atoms in total. The summed E-state index contributed by atoms with van der Waals surface area (Å²) >= 11 is 0. The van der Waals surface area contributed by atoms with Gasteiger partial charge in [0.05, 0.1) is 19.8 Å². The Morgan fingerprint density at radius 1 is 0.850 bits per heavy atom. The van der Waals surface area contributed by atoms with Crippen molar-refractivity contribution in [2.45, 2.75) is 19.4 Å². The molecule has 3 heterocycles. The van der Waals surface area contributed by atoms with Crippen LogP contribution >= 0.6 is 0 Å².